The van der Waals surface area contributed by atoms with Gasteiger partial charge >= 0.3 is 5.97 Å². The molecular weight excluding hydrogens is 385 g/mol. The highest BCUT2D eigenvalue weighted by Gasteiger charge is 2.60. The standard InChI is InChI=1S/C21H25Cl2NO3/c1-13(16-2-4-17(22)5-3-16)24-18(25)11-27-19(26)20-7-14-6-15(8-20)10-21(23,9-14)12-20/h2-5,13-15H,6-12H2,1H3,(H,24,25)/t13-,14-,15+,20?,21?/m1/s1. The monoisotopic (exact) mass is 409 g/mol. The second-order valence-corrected chi connectivity index (χ2v) is 10.0. The molecule has 4 aliphatic rings. The Kier molecular flexibility index (Phi) is 4.92. The maximum Gasteiger partial charge on any atom is 0.312 e. The van der Waals surface area contributed by atoms with E-state index in [9.17, 15) is 9.59 Å². The highest BCUT2D eigenvalue weighted by atomic mass is 35.5. The number of hydrogen-bond acceptors (Lipinski definition) is 3. The number of amides is 1. The molecule has 1 aromatic rings. The van der Waals surface area contributed by atoms with Crippen LogP contribution in [0, 0.1) is 17.3 Å². The first kappa shape index (κ1) is 19.1. The van der Waals surface area contributed by atoms with Crippen LogP contribution in [0.4, 0.5) is 0 Å². The fourth-order valence-electron chi connectivity index (χ4n) is 5.79. The number of alkyl halides is 1. The van der Waals surface area contributed by atoms with Crippen LogP contribution in [0.1, 0.15) is 57.1 Å². The Bertz CT molecular complexity index is 734. The third-order valence-corrected chi connectivity index (χ3v) is 7.20. The molecule has 146 valence electrons. The molecule has 0 spiro atoms. The summed E-state index contributed by atoms with van der Waals surface area (Å²) in [7, 11) is 0. The minimum Gasteiger partial charge on any atom is -0.455 e. The number of hydrogen-bond donors (Lipinski definition) is 1. The Labute approximate surface area is 169 Å². The van der Waals surface area contributed by atoms with Crippen molar-refractivity contribution < 1.29 is 14.3 Å². The van der Waals surface area contributed by atoms with Crippen molar-refractivity contribution in [3.8, 4) is 0 Å². The van der Waals surface area contributed by atoms with E-state index in [1.54, 1.807) is 12.1 Å². The van der Waals surface area contributed by atoms with E-state index in [0.29, 0.717) is 23.3 Å². The maximum absolute atomic E-state index is 12.9. The van der Waals surface area contributed by atoms with Gasteiger partial charge in [0.15, 0.2) is 6.61 Å². The van der Waals surface area contributed by atoms with Gasteiger partial charge in [-0.25, -0.2) is 0 Å². The third kappa shape index (κ3) is 3.84. The average molecular weight is 410 g/mol. The normalized spacial score (nSPS) is 34.9. The summed E-state index contributed by atoms with van der Waals surface area (Å²) in [6.45, 7) is 1.64. The van der Waals surface area contributed by atoms with Gasteiger partial charge in [0.25, 0.3) is 5.91 Å². The molecule has 5 atom stereocenters. The predicted molar refractivity (Wildman–Crippen MR) is 105 cm³/mol. The molecule has 0 saturated heterocycles. The first-order valence-corrected chi connectivity index (χ1v) is 10.4. The number of carbonyl (C=O) groups excluding carboxylic acids is 2. The number of carbonyl (C=O) groups is 2. The van der Waals surface area contributed by atoms with Gasteiger partial charge in [-0.15, -0.1) is 11.6 Å². The minimum absolute atomic E-state index is 0.181. The van der Waals surface area contributed by atoms with Gasteiger partial charge in [-0.1, -0.05) is 23.7 Å². The fraction of sp³-hybridized carbons (Fsp3) is 0.619. The zero-order valence-corrected chi connectivity index (χ0v) is 17.0. The molecule has 5 rings (SSSR count). The first-order chi connectivity index (χ1) is 12.8. The quantitative estimate of drug-likeness (QED) is 0.569. The van der Waals surface area contributed by atoms with Crippen LogP contribution in [0.2, 0.25) is 5.02 Å². The number of esters is 1. The largest absolute Gasteiger partial charge is 0.455 e. The van der Waals surface area contributed by atoms with Crippen LogP contribution in [0.5, 0.6) is 0 Å². The molecule has 1 amide bonds. The Balaban J connectivity index is 1.33. The molecule has 1 aromatic carbocycles. The van der Waals surface area contributed by atoms with E-state index in [4.69, 9.17) is 27.9 Å². The van der Waals surface area contributed by atoms with Crippen LogP contribution in [-0.4, -0.2) is 23.4 Å². The Hall–Kier alpha value is -1.26. The first-order valence-electron chi connectivity index (χ1n) is 9.68. The number of halogens is 2. The van der Waals surface area contributed by atoms with Gasteiger partial charge in [0.2, 0.25) is 0 Å². The molecule has 6 heteroatoms. The lowest BCUT2D eigenvalue weighted by Crippen LogP contribution is -2.56. The second kappa shape index (κ2) is 6.97. The van der Waals surface area contributed by atoms with Crippen molar-refractivity contribution in [1.29, 1.82) is 0 Å². The van der Waals surface area contributed by atoms with Gasteiger partial charge in [-0.05, 0) is 75.0 Å². The van der Waals surface area contributed by atoms with Crippen molar-refractivity contribution in [2.45, 2.75) is 56.4 Å². The summed E-state index contributed by atoms with van der Waals surface area (Å²) in [6.07, 6.45) is 5.62. The maximum atomic E-state index is 12.9. The highest BCUT2D eigenvalue weighted by Crippen LogP contribution is 2.64. The van der Waals surface area contributed by atoms with Crippen LogP contribution in [0.15, 0.2) is 24.3 Å². The molecule has 0 aromatic heterocycles. The summed E-state index contributed by atoms with van der Waals surface area (Å²) in [4.78, 5) is 24.9. The summed E-state index contributed by atoms with van der Waals surface area (Å²) in [5, 5.41) is 3.52. The number of nitrogens with one attached hydrogen (secondary N) is 1. The zero-order chi connectivity index (χ0) is 19.2. The lowest BCUT2D eigenvalue weighted by molar-refractivity contribution is -0.171. The van der Waals surface area contributed by atoms with E-state index in [1.807, 2.05) is 19.1 Å². The summed E-state index contributed by atoms with van der Waals surface area (Å²) in [5.41, 5.74) is 0.470. The van der Waals surface area contributed by atoms with Crippen LogP contribution in [-0.2, 0) is 14.3 Å². The summed E-state index contributed by atoms with van der Waals surface area (Å²) < 4.78 is 5.46. The van der Waals surface area contributed by atoms with Crippen molar-refractivity contribution in [2.75, 3.05) is 6.61 Å². The summed E-state index contributed by atoms with van der Waals surface area (Å²) >= 11 is 12.7. The topological polar surface area (TPSA) is 55.4 Å². The molecule has 2 unspecified atom stereocenters. The van der Waals surface area contributed by atoms with E-state index < -0.39 is 5.41 Å². The Morgan fingerprint density at radius 1 is 1.19 bits per heavy atom. The number of benzene rings is 1. The molecule has 0 aliphatic heterocycles. The molecular formula is C21H25Cl2NO3. The smallest absolute Gasteiger partial charge is 0.312 e. The van der Waals surface area contributed by atoms with Gasteiger partial charge in [-0.3, -0.25) is 9.59 Å². The van der Waals surface area contributed by atoms with Crippen molar-refractivity contribution in [1.82, 2.24) is 5.32 Å². The molecule has 27 heavy (non-hydrogen) atoms. The molecule has 1 N–H and O–H groups in total. The van der Waals surface area contributed by atoms with Crippen molar-refractivity contribution in [3.05, 3.63) is 34.9 Å². The zero-order valence-electron chi connectivity index (χ0n) is 15.5. The van der Waals surface area contributed by atoms with E-state index in [1.165, 1.54) is 6.42 Å². The van der Waals surface area contributed by atoms with Gasteiger partial charge in [0, 0.05) is 9.90 Å². The van der Waals surface area contributed by atoms with Crippen molar-refractivity contribution in [3.63, 3.8) is 0 Å². The van der Waals surface area contributed by atoms with Gasteiger partial charge in [0.1, 0.15) is 0 Å². The van der Waals surface area contributed by atoms with E-state index >= 15 is 0 Å². The molecule has 4 nitrogen and oxygen atoms in total. The highest BCUT2D eigenvalue weighted by molar-refractivity contribution is 6.30. The van der Waals surface area contributed by atoms with Crippen molar-refractivity contribution >= 4 is 35.1 Å². The molecule has 0 heterocycles. The summed E-state index contributed by atoms with van der Waals surface area (Å²) in [5.74, 6) is 0.511. The van der Waals surface area contributed by atoms with E-state index in [0.717, 1.165) is 31.2 Å². The van der Waals surface area contributed by atoms with Crippen molar-refractivity contribution in [2.24, 2.45) is 17.3 Å². The fourth-order valence-corrected chi connectivity index (χ4v) is 6.61. The predicted octanol–water partition coefficient (Wildman–Crippen LogP) is 4.64. The lowest BCUT2D eigenvalue weighted by Gasteiger charge is -2.58. The molecule has 4 fully saturated rings. The number of rotatable bonds is 5. The average Bonchev–Trinajstić information content (AvgIpc) is 2.58. The van der Waals surface area contributed by atoms with Crippen LogP contribution < -0.4 is 5.32 Å². The van der Waals surface area contributed by atoms with Gasteiger partial charge < -0.3 is 10.1 Å². The molecule has 4 aliphatic carbocycles. The number of ether oxygens (including phenoxy) is 1. The molecule has 4 bridgehead atoms. The van der Waals surface area contributed by atoms with E-state index in [-0.39, 0.29) is 29.4 Å². The van der Waals surface area contributed by atoms with Gasteiger partial charge in [0.05, 0.1) is 11.5 Å². The Morgan fingerprint density at radius 2 is 1.81 bits per heavy atom. The minimum atomic E-state index is -0.478. The molecule has 0 radical (unpaired) electrons. The van der Waals surface area contributed by atoms with Crippen LogP contribution >= 0.6 is 23.2 Å². The molecule has 4 saturated carbocycles. The lowest BCUT2D eigenvalue weighted by atomic mass is 9.49. The summed E-state index contributed by atoms with van der Waals surface area (Å²) in [6, 6.07) is 7.13. The van der Waals surface area contributed by atoms with E-state index in [2.05, 4.69) is 5.32 Å². The second-order valence-electron chi connectivity index (χ2n) is 8.81. The van der Waals surface area contributed by atoms with Gasteiger partial charge in [-0.2, -0.15) is 0 Å². The van der Waals surface area contributed by atoms with Crippen LogP contribution in [0.3, 0.4) is 0 Å². The SMILES string of the molecule is C[C@@H](NC(=O)COC(=O)C12C[C@@H]3C[C@@H](CC(Cl)(C3)C1)C2)c1ccc(Cl)cc1. The Morgan fingerprint density at radius 3 is 2.41 bits per heavy atom. The van der Waals surface area contributed by atoms with Crippen LogP contribution in [0.25, 0.3) is 0 Å². The third-order valence-electron chi connectivity index (χ3n) is 6.50.